The third-order valence-electron chi connectivity index (χ3n) is 1.96. The van der Waals surface area contributed by atoms with Gasteiger partial charge in [-0.15, -0.1) is 6.58 Å². The Labute approximate surface area is 80.6 Å². The molecule has 0 saturated carbocycles. The van der Waals surface area contributed by atoms with Crippen LogP contribution in [0.4, 0.5) is 0 Å². The fourth-order valence-electron chi connectivity index (χ4n) is 1.18. The normalized spacial score (nSPS) is 13.0. The molecule has 0 aromatic heterocycles. The summed E-state index contributed by atoms with van der Waals surface area (Å²) >= 11 is 0. The second-order valence-electron chi connectivity index (χ2n) is 3.27. The van der Waals surface area contributed by atoms with E-state index >= 15 is 0 Å². The Balaban J connectivity index is 2.53. The van der Waals surface area contributed by atoms with Crippen molar-refractivity contribution >= 4 is 6.08 Å². The highest BCUT2D eigenvalue weighted by Crippen LogP contribution is 2.08. The molecule has 0 N–H and O–H groups in total. The minimum absolute atomic E-state index is 0.581. The smallest absolute Gasteiger partial charge is 0.0224 e. The van der Waals surface area contributed by atoms with Gasteiger partial charge in [0.2, 0.25) is 0 Å². The fourth-order valence-corrected chi connectivity index (χ4v) is 1.18. The average molecular weight is 172 g/mol. The largest absolute Gasteiger partial charge is 0.103 e. The van der Waals surface area contributed by atoms with Crippen LogP contribution in [0.5, 0.6) is 0 Å². The van der Waals surface area contributed by atoms with Crippen molar-refractivity contribution in [2.24, 2.45) is 5.92 Å². The Hall–Kier alpha value is -1.30. The Bertz CT molecular complexity index is 269. The summed E-state index contributed by atoms with van der Waals surface area (Å²) in [7, 11) is 0. The van der Waals surface area contributed by atoms with Crippen LogP contribution in [0.2, 0.25) is 0 Å². The van der Waals surface area contributed by atoms with Crippen molar-refractivity contribution in [1.82, 2.24) is 0 Å². The molecule has 0 heteroatoms. The summed E-state index contributed by atoms with van der Waals surface area (Å²) in [5, 5.41) is 0. The van der Waals surface area contributed by atoms with Gasteiger partial charge < -0.3 is 0 Å². The van der Waals surface area contributed by atoms with Gasteiger partial charge in [-0.1, -0.05) is 55.5 Å². The lowest BCUT2D eigenvalue weighted by atomic mass is 10.1. The van der Waals surface area contributed by atoms with Gasteiger partial charge in [-0.3, -0.25) is 0 Å². The van der Waals surface area contributed by atoms with Crippen LogP contribution in [0.3, 0.4) is 0 Å². The molecule has 0 radical (unpaired) electrons. The van der Waals surface area contributed by atoms with Gasteiger partial charge >= 0.3 is 0 Å². The number of rotatable bonds is 4. The summed E-state index contributed by atoms with van der Waals surface area (Å²) in [5.74, 6) is 0.581. The van der Waals surface area contributed by atoms with Gasteiger partial charge in [-0.2, -0.15) is 0 Å². The van der Waals surface area contributed by atoms with E-state index in [1.54, 1.807) is 0 Å². The van der Waals surface area contributed by atoms with Crippen LogP contribution in [0.15, 0.2) is 49.1 Å². The van der Waals surface area contributed by atoms with Gasteiger partial charge in [0, 0.05) is 0 Å². The van der Waals surface area contributed by atoms with Crippen LogP contribution < -0.4 is 0 Å². The van der Waals surface area contributed by atoms with Crippen LogP contribution >= 0.6 is 0 Å². The minimum Gasteiger partial charge on any atom is -0.103 e. The molecule has 0 aliphatic heterocycles. The molecule has 1 unspecified atom stereocenters. The van der Waals surface area contributed by atoms with E-state index < -0.39 is 0 Å². The van der Waals surface area contributed by atoms with Gasteiger partial charge in [0.25, 0.3) is 0 Å². The van der Waals surface area contributed by atoms with Crippen LogP contribution in [0.1, 0.15) is 18.9 Å². The zero-order valence-corrected chi connectivity index (χ0v) is 8.11. The molecule has 0 fully saturated rings. The van der Waals surface area contributed by atoms with Crippen LogP contribution in [-0.2, 0) is 0 Å². The van der Waals surface area contributed by atoms with Crippen molar-refractivity contribution in [1.29, 1.82) is 0 Å². The Morgan fingerprint density at radius 3 is 2.62 bits per heavy atom. The number of hydrogen-bond donors (Lipinski definition) is 0. The minimum atomic E-state index is 0.581. The van der Waals surface area contributed by atoms with Crippen molar-refractivity contribution in [3.05, 3.63) is 54.6 Å². The molecule has 0 aliphatic rings. The average Bonchev–Trinajstić information content (AvgIpc) is 2.17. The standard InChI is InChI=1S/C13H16/c1-3-7-12(2)10-11-13-8-5-4-6-9-13/h3-6,8-12H,1,7H2,2H3/b11-10+. The number of allylic oxidation sites excluding steroid dienone is 2. The van der Waals surface area contributed by atoms with Crippen molar-refractivity contribution in [2.75, 3.05) is 0 Å². The van der Waals surface area contributed by atoms with Gasteiger partial charge in [0.15, 0.2) is 0 Å². The molecule has 1 aromatic rings. The van der Waals surface area contributed by atoms with E-state index in [0.717, 1.165) is 6.42 Å². The van der Waals surface area contributed by atoms with Crippen molar-refractivity contribution in [2.45, 2.75) is 13.3 Å². The number of benzene rings is 1. The highest BCUT2D eigenvalue weighted by Gasteiger charge is 1.91. The Kier molecular flexibility index (Phi) is 4.04. The first kappa shape index (κ1) is 9.79. The topological polar surface area (TPSA) is 0 Å². The third-order valence-corrected chi connectivity index (χ3v) is 1.96. The Morgan fingerprint density at radius 1 is 1.31 bits per heavy atom. The molecule has 1 atom stereocenters. The van der Waals surface area contributed by atoms with Gasteiger partial charge in [-0.05, 0) is 17.9 Å². The highest BCUT2D eigenvalue weighted by atomic mass is 14.0. The first-order valence-electron chi connectivity index (χ1n) is 4.67. The summed E-state index contributed by atoms with van der Waals surface area (Å²) < 4.78 is 0. The second-order valence-corrected chi connectivity index (χ2v) is 3.27. The fraction of sp³-hybridized carbons (Fsp3) is 0.231. The zero-order chi connectivity index (χ0) is 9.52. The maximum absolute atomic E-state index is 3.72. The second kappa shape index (κ2) is 5.36. The van der Waals surface area contributed by atoms with Gasteiger partial charge in [0.1, 0.15) is 0 Å². The van der Waals surface area contributed by atoms with Gasteiger partial charge in [0.05, 0.1) is 0 Å². The highest BCUT2D eigenvalue weighted by molar-refractivity contribution is 5.48. The summed E-state index contributed by atoms with van der Waals surface area (Å²) in [6.45, 7) is 5.92. The van der Waals surface area contributed by atoms with E-state index in [-0.39, 0.29) is 0 Å². The summed E-state index contributed by atoms with van der Waals surface area (Å²) in [4.78, 5) is 0. The number of hydrogen-bond acceptors (Lipinski definition) is 0. The van der Waals surface area contributed by atoms with E-state index in [0.29, 0.717) is 5.92 Å². The van der Waals surface area contributed by atoms with Crippen molar-refractivity contribution in [3.63, 3.8) is 0 Å². The predicted molar refractivity (Wildman–Crippen MR) is 59.5 cm³/mol. The molecule has 0 saturated heterocycles. The van der Waals surface area contributed by atoms with E-state index in [2.05, 4.69) is 49.9 Å². The molecule has 0 heterocycles. The van der Waals surface area contributed by atoms with Gasteiger partial charge in [-0.25, -0.2) is 0 Å². The molecule has 1 aromatic carbocycles. The molecule has 0 amide bonds. The molecule has 13 heavy (non-hydrogen) atoms. The van der Waals surface area contributed by atoms with Crippen LogP contribution in [-0.4, -0.2) is 0 Å². The van der Waals surface area contributed by atoms with Crippen LogP contribution in [0, 0.1) is 5.92 Å². The lowest BCUT2D eigenvalue weighted by molar-refractivity contribution is 0.749. The molecule has 0 aliphatic carbocycles. The van der Waals surface area contributed by atoms with E-state index in [1.165, 1.54) is 5.56 Å². The third kappa shape index (κ3) is 3.75. The molecule has 0 bridgehead atoms. The molecule has 68 valence electrons. The molecular formula is C13H16. The lowest BCUT2D eigenvalue weighted by Gasteiger charge is -1.99. The summed E-state index contributed by atoms with van der Waals surface area (Å²) in [6.07, 6.45) is 7.38. The van der Waals surface area contributed by atoms with Crippen molar-refractivity contribution < 1.29 is 0 Å². The molecule has 0 spiro atoms. The predicted octanol–water partition coefficient (Wildman–Crippen LogP) is 3.91. The summed E-state index contributed by atoms with van der Waals surface area (Å²) in [6, 6.07) is 10.4. The first-order valence-corrected chi connectivity index (χ1v) is 4.67. The first-order chi connectivity index (χ1) is 6.33. The maximum Gasteiger partial charge on any atom is -0.0224 e. The van der Waals surface area contributed by atoms with E-state index in [1.807, 2.05) is 12.1 Å². The van der Waals surface area contributed by atoms with E-state index in [4.69, 9.17) is 0 Å². The summed E-state index contributed by atoms with van der Waals surface area (Å²) in [5.41, 5.74) is 1.26. The molecule has 1 rings (SSSR count). The van der Waals surface area contributed by atoms with Crippen molar-refractivity contribution in [3.8, 4) is 0 Å². The molecular weight excluding hydrogens is 156 g/mol. The SMILES string of the molecule is C=CCC(C)/C=C/c1ccccc1. The van der Waals surface area contributed by atoms with E-state index in [9.17, 15) is 0 Å². The van der Waals surface area contributed by atoms with Crippen LogP contribution in [0.25, 0.3) is 6.08 Å². The lowest BCUT2D eigenvalue weighted by Crippen LogP contribution is -1.84. The zero-order valence-electron chi connectivity index (χ0n) is 8.11. The maximum atomic E-state index is 3.72. The Morgan fingerprint density at radius 2 is 2.00 bits per heavy atom. The quantitative estimate of drug-likeness (QED) is 0.604. The monoisotopic (exact) mass is 172 g/mol. The molecule has 0 nitrogen and oxygen atoms in total.